The molecule has 0 bridgehead atoms. The molecule has 0 aliphatic heterocycles. The van der Waals surface area contributed by atoms with E-state index in [2.05, 4.69) is 0 Å². The Hall–Kier alpha value is -2.85. The van der Waals surface area contributed by atoms with E-state index in [9.17, 15) is 15.0 Å². The van der Waals surface area contributed by atoms with E-state index in [1.54, 1.807) is 48.5 Å². The second-order valence-corrected chi connectivity index (χ2v) is 5.25. The van der Waals surface area contributed by atoms with E-state index in [0.717, 1.165) is 5.39 Å². The molecule has 3 rings (SSSR count). The van der Waals surface area contributed by atoms with Gasteiger partial charge in [0.2, 0.25) is 5.60 Å². The summed E-state index contributed by atoms with van der Waals surface area (Å²) < 4.78 is 4.83. The first-order chi connectivity index (χ1) is 11.1. The van der Waals surface area contributed by atoms with Gasteiger partial charge in [-0.15, -0.1) is 0 Å². The normalized spacial score (nSPS) is 13.5. The molecule has 0 fully saturated rings. The highest BCUT2D eigenvalue weighted by atomic mass is 16.5. The van der Waals surface area contributed by atoms with Gasteiger partial charge in [0.25, 0.3) is 0 Å². The number of benzene rings is 3. The number of carbonyl (C=O) groups is 1. The van der Waals surface area contributed by atoms with Crippen molar-refractivity contribution < 1.29 is 19.7 Å². The van der Waals surface area contributed by atoms with Gasteiger partial charge in [-0.1, -0.05) is 60.7 Å². The number of phenols is 1. The van der Waals surface area contributed by atoms with Crippen molar-refractivity contribution in [1.29, 1.82) is 0 Å². The lowest BCUT2D eigenvalue weighted by Crippen LogP contribution is -2.38. The van der Waals surface area contributed by atoms with Crippen LogP contribution in [-0.4, -0.2) is 23.3 Å². The molecule has 0 heterocycles. The van der Waals surface area contributed by atoms with Crippen LogP contribution in [-0.2, 0) is 15.1 Å². The first kappa shape index (κ1) is 15.1. The van der Waals surface area contributed by atoms with Gasteiger partial charge in [-0.3, -0.25) is 0 Å². The van der Waals surface area contributed by atoms with Crippen LogP contribution in [0.25, 0.3) is 10.8 Å². The average Bonchev–Trinajstić information content (AvgIpc) is 2.61. The van der Waals surface area contributed by atoms with E-state index in [-0.39, 0.29) is 11.3 Å². The maximum absolute atomic E-state index is 12.4. The van der Waals surface area contributed by atoms with E-state index < -0.39 is 11.6 Å². The van der Waals surface area contributed by atoms with Crippen molar-refractivity contribution in [2.45, 2.75) is 5.60 Å². The Balaban J connectivity index is 2.40. The molecule has 1 atom stereocenters. The number of hydrogen-bond donors (Lipinski definition) is 2. The first-order valence-corrected chi connectivity index (χ1v) is 7.16. The molecule has 23 heavy (non-hydrogen) atoms. The molecule has 0 saturated carbocycles. The Labute approximate surface area is 133 Å². The Morgan fingerprint density at radius 1 is 0.957 bits per heavy atom. The Kier molecular flexibility index (Phi) is 3.76. The number of ether oxygens (including phenoxy) is 1. The van der Waals surface area contributed by atoms with Crippen LogP contribution in [0.4, 0.5) is 0 Å². The molecule has 3 aromatic rings. The van der Waals surface area contributed by atoms with Crippen molar-refractivity contribution >= 4 is 16.7 Å². The second kappa shape index (κ2) is 5.74. The molecule has 3 aromatic carbocycles. The van der Waals surface area contributed by atoms with Gasteiger partial charge in [-0.2, -0.15) is 0 Å². The summed E-state index contributed by atoms with van der Waals surface area (Å²) in [6.07, 6.45) is 0. The summed E-state index contributed by atoms with van der Waals surface area (Å²) in [4.78, 5) is 12.4. The molecular formula is C19H16O4. The molecule has 0 amide bonds. The highest BCUT2D eigenvalue weighted by Crippen LogP contribution is 2.40. The Morgan fingerprint density at radius 3 is 2.30 bits per heavy atom. The van der Waals surface area contributed by atoms with E-state index in [1.165, 1.54) is 13.2 Å². The van der Waals surface area contributed by atoms with Gasteiger partial charge >= 0.3 is 5.97 Å². The number of aliphatic hydroxyl groups is 1. The predicted octanol–water partition coefficient (Wildman–Crippen LogP) is 2.95. The minimum Gasteiger partial charge on any atom is -0.508 e. The molecule has 0 spiro atoms. The summed E-state index contributed by atoms with van der Waals surface area (Å²) in [6.45, 7) is 0. The molecule has 0 aliphatic carbocycles. The zero-order chi connectivity index (χ0) is 16.4. The van der Waals surface area contributed by atoms with Crippen molar-refractivity contribution in [2.24, 2.45) is 0 Å². The van der Waals surface area contributed by atoms with Crippen molar-refractivity contribution in [1.82, 2.24) is 0 Å². The van der Waals surface area contributed by atoms with Crippen LogP contribution in [0.2, 0.25) is 0 Å². The molecule has 0 saturated heterocycles. The van der Waals surface area contributed by atoms with Crippen molar-refractivity contribution in [3.8, 4) is 5.75 Å². The minimum absolute atomic E-state index is 0.119. The third kappa shape index (κ3) is 2.33. The van der Waals surface area contributed by atoms with E-state index in [0.29, 0.717) is 10.9 Å². The summed E-state index contributed by atoms with van der Waals surface area (Å²) in [5, 5.41) is 23.0. The molecular weight excluding hydrogens is 292 g/mol. The lowest BCUT2D eigenvalue weighted by atomic mass is 9.83. The summed E-state index contributed by atoms with van der Waals surface area (Å²) in [5.74, 6) is -1.02. The smallest absolute Gasteiger partial charge is 0.347 e. The SMILES string of the molecule is COC(=O)C(O)(c1ccccc1)c1c(O)ccc2ccccc12. The van der Waals surface area contributed by atoms with Gasteiger partial charge in [-0.25, -0.2) is 4.79 Å². The van der Waals surface area contributed by atoms with Crippen LogP contribution in [0.3, 0.4) is 0 Å². The molecule has 0 aromatic heterocycles. The summed E-state index contributed by atoms with van der Waals surface area (Å²) >= 11 is 0. The second-order valence-electron chi connectivity index (χ2n) is 5.25. The lowest BCUT2D eigenvalue weighted by Gasteiger charge is -2.28. The Bertz CT molecular complexity index is 858. The summed E-state index contributed by atoms with van der Waals surface area (Å²) in [5.41, 5.74) is -1.65. The molecule has 4 nitrogen and oxygen atoms in total. The number of methoxy groups -OCH3 is 1. The van der Waals surface area contributed by atoms with Gasteiger partial charge < -0.3 is 14.9 Å². The maximum atomic E-state index is 12.4. The number of esters is 1. The van der Waals surface area contributed by atoms with Gasteiger partial charge in [0.15, 0.2) is 0 Å². The number of rotatable bonds is 3. The lowest BCUT2D eigenvalue weighted by molar-refractivity contribution is -0.158. The summed E-state index contributed by atoms with van der Waals surface area (Å²) in [6, 6.07) is 18.9. The molecule has 0 aliphatic rings. The highest BCUT2D eigenvalue weighted by Gasteiger charge is 2.44. The van der Waals surface area contributed by atoms with Crippen molar-refractivity contribution in [3.63, 3.8) is 0 Å². The molecule has 1 unspecified atom stereocenters. The van der Waals surface area contributed by atoms with Crippen molar-refractivity contribution in [3.05, 3.63) is 77.9 Å². The fourth-order valence-electron chi connectivity index (χ4n) is 2.83. The third-order valence-electron chi connectivity index (χ3n) is 3.94. The van der Waals surface area contributed by atoms with Crippen molar-refractivity contribution in [2.75, 3.05) is 7.11 Å². The van der Waals surface area contributed by atoms with E-state index >= 15 is 0 Å². The topological polar surface area (TPSA) is 66.8 Å². The quantitative estimate of drug-likeness (QED) is 0.730. The van der Waals surface area contributed by atoms with E-state index in [1.807, 2.05) is 12.1 Å². The first-order valence-electron chi connectivity index (χ1n) is 7.16. The minimum atomic E-state index is -2.10. The number of hydrogen-bond acceptors (Lipinski definition) is 4. The molecule has 116 valence electrons. The highest BCUT2D eigenvalue weighted by molar-refractivity contribution is 5.96. The monoisotopic (exact) mass is 308 g/mol. The molecule has 0 radical (unpaired) electrons. The third-order valence-corrected chi connectivity index (χ3v) is 3.94. The van der Waals surface area contributed by atoms with Crippen LogP contribution in [0.1, 0.15) is 11.1 Å². The number of fused-ring (bicyclic) bond motifs is 1. The van der Waals surface area contributed by atoms with Crippen LogP contribution in [0.5, 0.6) is 5.75 Å². The van der Waals surface area contributed by atoms with E-state index in [4.69, 9.17) is 4.74 Å². The zero-order valence-corrected chi connectivity index (χ0v) is 12.6. The standard InChI is InChI=1S/C19H16O4/c1-23-18(21)19(22,14-8-3-2-4-9-14)17-15-10-6-5-7-13(15)11-12-16(17)20/h2-12,20,22H,1H3. The fraction of sp³-hybridized carbons (Fsp3) is 0.105. The zero-order valence-electron chi connectivity index (χ0n) is 12.6. The number of phenolic OH excluding ortho intramolecular Hbond substituents is 1. The van der Waals surface area contributed by atoms with Gasteiger partial charge in [0, 0.05) is 5.56 Å². The average molecular weight is 308 g/mol. The van der Waals surface area contributed by atoms with Gasteiger partial charge in [0.1, 0.15) is 5.75 Å². The maximum Gasteiger partial charge on any atom is 0.347 e. The van der Waals surface area contributed by atoms with Crippen LogP contribution < -0.4 is 0 Å². The van der Waals surface area contributed by atoms with Crippen LogP contribution in [0.15, 0.2) is 66.7 Å². The van der Waals surface area contributed by atoms with Crippen LogP contribution in [0, 0.1) is 0 Å². The fourth-order valence-corrected chi connectivity index (χ4v) is 2.83. The van der Waals surface area contributed by atoms with Gasteiger partial charge in [0.05, 0.1) is 7.11 Å². The largest absolute Gasteiger partial charge is 0.508 e. The van der Waals surface area contributed by atoms with Crippen LogP contribution >= 0.6 is 0 Å². The number of carbonyl (C=O) groups excluding carboxylic acids is 1. The summed E-state index contributed by atoms with van der Waals surface area (Å²) in [7, 11) is 1.21. The Morgan fingerprint density at radius 2 is 1.61 bits per heavy atom. The number of aromatic hydroxyl groups is 1. The predicted molar refractivity (Wildman–Crippen MR) is 87.1 cm³/mol. The molecule has 2 N–H and O–H groups in total. The molecule has 4 heteroatoms. The van der Waals surface area contributed by atoms with Gasteiger partial charge in [-0.05, 0) is 22.4 Å².